The summed E-state index contributed by atoms with van der Waals surface area (Å²) in [6.45, 7) is 4.13. The van der Waals surface area contributed by atoms with Gasteiger partial charge >= 0.3 is 6.18 Å². The second kappa shape index (κ2) is 6.15. The molecule has 1 aromatic heterocycles. The number of nitrogens with one attached hydrogen (secondary N) is 1. The van der Waals surface area contributed by atoms with E-state index in [1.54, 1.807) is 0 Å². The molecule has 0 aliphatic heterocycles. The molecule has 1 atom stereocenters. The van der Waals surface area contributed by atoms with Crippen molar-refractivity contribution in [3.63, 3.8) is 0 Å². The SMILES string of the molecule is CCNC(c1cc(F)ccc1C(F)(F)F)c1sccc1C. The summed E-state index contributed by atoms with van der Waals surface area (Å²) < 4.78 is 53.0. The topological polar surface area (TPSA) is 12.0 Å². The van der Waals surface area contributed by atoms with Gasteiger partial charge in [0.05, 0.1) is 11.6 Å². The van der Waals surface area contributed by atoms with Gasteiger partial charge < -0.3 is 5.32 Å². The first-order valence-electron chi connectivity index (χ1n) is 6.48. The number of thiophene rings is 1. The van der Waals surface area contributed by atoms with Crippen LogP contribution >= 0.6 is 11.3 Å². The van der Waals surface area contributed by atoms with Gasteiger partial charge in [-0.05, 0) is 54.2 Å². The van der Waals surface area contributed by atoms with Crippen molar-refractivity contribution >= 4 is 11.3 Å². The van der Waals surface area contributed by atoms with Crippen LogP contribution in [0.25, 0.3) is 0 Å². The molecule has 1 nitrogen and oxygen atoms in total. The number of halogens is 4. The van der Waals surface area contributed by atoms with Crippen molar-refractivity contribution in [3.8, 4) is 0 Å². The molecule has 1 unspecified atom stereocenters. The van der Waals surface area contributed by atoms with Gasteiger partial charge in [-0.2, -0.15) is 13.2 Å². The van der Waals surface area contributed by atoms with Gasteiger partial charge in [-0.1, -0.05) is 6.92 Å². The van der Waals surface area contributed by atoms with Crippen molar-refractivity contribution in [2.45, 2.75) is 26.1 Å². The van der Waals surface area contributed by atoms with Crippen molar-refractivity contribution in [1.29, 1.82) is 0 Å². The van der Waals surface area contributed by atoms with E-state index in [2.05, 4.69) is 5.32 Å². The van der Waals surface area contributed by atoms with Crippen LogP contribution in [0, 0.1) is 12.7 Å². The van der Waals surface area contributed by atoms with E-state index in [0.717, 1.165) is 28.6 Å². The molecule has 0 saturated carbocycles. The molecule has 1 aromatic carbocycles. The van der Waals surface area contributed by atoms with Crippen LogP contribution in [0.4, 0.5) is 17.6 Å². The van der Waals surface area contributed by atoms with Crippen LogP contribution in [-0.2, 0) is 6.18 Å². The second-order valence-corrected chi connectivity index (χ2v) is 5.64. The van der Waals surface area contributed by atoms with Gasteiger partial charge in [0.1, 0.15) is 5.82 Å². The third-order valence-corrected chi connectivity index (χ3v) is 4.29. The number of hydrogen-bond donors (Lipinski definition) is 1. The summed E-state index contributed by atoms with van der Waals surface area (Å²) in [5.41, 5.74) is 0.0147. The maximum atomic E-state index is 13.5. The Morgan fingerprint density at radius 1 is 1.24 bits per heavy atom. The quantitative estimate of drug-likeness (QED) is 0.790. The van der Waals surface area contributed by atoms with E-state index in [1.807, 2.05) is 25.3 Å². The third kappa shape index (κ3) is 3.44. The minimum absolute atomic E-state index is 0.0742. The first-order valence-corrected chi connectivity index (χ1v) is 7.36. The van der Waals surface area contributed by atoms with Crippen LogP contribution in [0.1, 0.15) is 34.5 Å². The minimum Gasteiger partial charge on any atom is -0.306 e. The van der Waals surface area contributed by atoms with Crippen LogP contribution in [0.15, 0.2) is 29.6 Å². The summed E-state index contributed by atoms with van der Waals surface area (Å²) in [5.74, 6) is -0.671. The highest BCUT2D eigenvalue weighted by atomic mass is 32.1. The van der Waals surface area contributed by atoms with Gasteiger partial charge in [0.25, 0.3) is 0 Å². The Hall–Kier alpha value is -1.40. The fourth-order valence-corrected chi connectivity index (χ4v) is 3.28. The lowest BCUT2D eigenvalue weighted by Gasteiger charge is -2.22. The highest BCUT2D eigenvalue weighted by molar-refractivity contribution is 7.10. The Morgan fingerprint density at radius 3 is 2.48 bits per heavy atom. The van der Waals surface area contributed by atoms with Crippen LogP contribution in [-0.4, -0.2) is 6.54 Å². The van der Waals surface area contributed by atoms with Gasteiger partial charge in [0, 0.05) is 4.88 Å². The molecule has 1 N–H and O–H groups in total. The van der Waals surface area contributed by atoms with Gasteiger partial charge in [0.15, 0.2) is 0 Å². The summed E-state index contributed by atoms with van der Waals surface area (Å²) >= 11 is 1.37. The standard InChI is InChI=1S/C15H15F4NS/c1-3-20-13(14-9(2)6-7-21-14)11-8-10(16)4-5-12(11)15(17,18)19/h4-8,13,20H,3H2,1-2H3. The number of alkyl halides is 3. The third-order valence-electron chi connectivity index (χ3n) is 3.20. The predicted octanol–water partition coefficient (Wildman–Crippen LogP) is 4.91. The zero-order valence-corrected chi connectivity index (χ0v) is 12.4. The molecule has 0 fully saturated rings. The van der Waals surface area contributed by atoms with Crippen molar-refractivity contribution in [1.82, 2.24) is 5.32 Å². The largest absolute Gasteiger partial charge is 0.416 e. The average Bonchev–Trinajstić information content (AvgIpc) is 2.80. The van der Waals surface area contributed by atoms with Gasteiger partial charge in [-0.25, -0.2) is 4.39 Å². The molecule has 0 amide bonds. The number of aryl methyl sites for hydroxylation is 1. The highest BCUT2D eigenvalue weighted by Gasteiger charge is 2.36. The molecule has 0 radical (unpaired) electrons. The Morgan fingerprint density at radius 2 is 1.95 bits per heavy atom. The van der Waals surface area contributed by atoms with Crippen molar-refractivity contribution < 1.29 is 17.6 Å². The van der Waals surface area contributed by atoms with E-state index in [1.165, 1.54) is 11.3 Å². The maximum Gasteiger partial charge on any atom is 0.416 e. The first kappa shape index (κ1) is 16.0. The number of rotatable bonds is 4. The summed E-state index contributed by atoms with van der Waals surface area (Å²) in [6.07, 6.45) is -4.51. The molecule has 1 heterocycles. The van der Waals surface area contributed by atoms with Crippen LogP contribution in [0.2, 0.25) is 0 Å². The maximum absolute atomic E-state index is 13.5. The lowest BCUT2D eigenvalue weighted by atomic mass is 9.97. The van der Waals surface area contributed by atoms with Gasteiger partial charge in [0.2, 0.25) is 0 Å². The molecule has 0 aliphatic carbocycles. The Kier molecular flexibility index (Phi) is 4.68. The van der Waals surface area contributed by atoms with E-state index in [4.69, 9.17) is 0 Å². The van der Waals surface area contributed by atoms with E-state index in [0.29, 0.717) is 6.54 Å². The normalized spacial score (nSPS) is 13.4. The van der Waals surface area contributed by atoms with Gasteiger partial charge in [-0.15, -0.1) is 11.3 Å². The molecular weight excluding hydrogens is 302 g/mol. The first-order chi connectivity index (χ1) is 9.84. The van der Waals surface area contributed by atoms with Crippen molar-refractivity contribution in [2.24, 2.45) is 0 Å². The number of hydrogen-bond acceptors (Lipinski definition) is 2. The van der Waals surface area contributed by atoms with Crippen LogP contribution < -0.4 is 5.32 Å². The van der Waals surface area contributed by atoms with Gasteiger partial charge in [-0.3, -0.25) is 0 Å². The Bertz CT molecular complexity index is 618. The van der Waals surface area contributed by atoms with Crippen molar-refractivity contribution in [3.05, 3.63) is 57.0 Å². The average molecular weight is 317 g/mol. The fraction of sp³-hybridized carbons (Fsp3) is 0.333. The lowest BCUT2D eigenvalue weighted by Crippen LogP contribution is -2.25. The van der Waals surface area contributed by atoms with Crippen molar-refractivity contribution in [2.75, 3.05) is 6.54 Å². The fourth-order valence-electron chi connectivity index (χ4n) is 2.26. The molecular formula is C15H15F4NS. The minimum atomic E-state index is -4.51. The summed E-state index contributed by atoms with van der Waals surface area (Å²) in [5, 5.41) is 4.85. The monoisotopic (exact) mass is 317 g/mol. The smallest absolute Gasteiger partial charge is 0.306 e. The predicted molar refractivity (Wildman–Crippen MR) is 76.0 cm³/mol. The van der Waals surface area contributed by atoms with Crippen LogP contribution in [0.3, 0.4) is 0 Å². The zero-order chi connectivity index (χ0) is 15.6. The van der Waals surface area contributed by atoms with E-state index in [9.17, 15) is 17.6 Å². The Labute approximate surface area is 124 Å². The molecule has 2 rings (SSSR count). The molecule has 21 heavy (non-hydrogen) atoms. The van der Waals surface area contributed by atoms with Crippen LogP contribution in [0.5, 0.6) is 0 Å². The van der Waals surface area contributed by atoms with E-state index >= 15 is 0 Å². The van der Waals surface area contributed by atoms with E-state index in [-0.39, 0.29) is 5.56 Å². The zero-order valence-electron chi connectivity index (χ0n) is 11.6. The Balaban J connectivity index is 2.60. The molecule has 114 valence electrons. The summed E-state index contributed by atoms with van der Waals surface area (Å²) in [4.78, 5) is 0.771. The highest BCUT2D eigenvalue weighted by Crippen LogP contribution is 2.38. The second-order valence-electron chi connectivity index (χ2n) is 4.69. The molecule has 0 saturated heterocycles. The summed E-state index contributed by atoms with van der Waals surface area (Å²) in [7, 11) is 0. The molecule has 0 aliphatic rings. The molecule has 0 spiro atoms. The number of benzene rings is 1. The molecule has 6 heteroatoms. The summed E-state index contributed by atoms with van der Waals surface area (Å²) in [6, 6.07) is 3.79. The van der Waals surface area contributed by atoms with E-state index < -0.39 is 23.6 Å². The lowest BCUT2D eigenvalue weighted by molar-refractivity contribution is -0.138. The molecule has 0 bridgehead atoms. The molecule has 2 aromatic rings.